The van der Waals surface area contributed by atoms with E-state index in [1.54, 1.807) is 0 Å². The van der Waals surface area contributed by atoms with E-state index in [0.717, 1.165) is 12.8 Å². The third kappa shape index (κ3) is 3.82. The van der Waals surface area contributed by atoms with Gasteiger partial charge in [0.25, 0.3) is 5.91 Å². The van der Waals surface area contributed by atoms with Gasteiger partial charge in [0.2, 0.25) is 0 Å². The van der Waals surface area contributed by atoms with E-state index in [4.69, 9.17) is 0 Å². The van der Waals surface area contributed by atoms with E-state index in [-0.39, 0.29) is 11.9 Å². The zero-order chi connectivity index (χ0) is 11.6. The van der Waals surface area contributed by atoms with Crippen LogP contribution in [0.3, 0.4) is 0 Å². The lowest BCUT2D eigenvalue weighted by Gasteiger charge is -2.33. The first-order chi connectivity index (χ1) is 6.79. The van der Waals surface area contributed by atoms with Crippen LogP contribution >= 0.6 is 0 Å². The number of carbonyl (C=O) groups excluding carboxylic acids is 1. The molecule has 2 N–H and O–H groups in total. The van der Waals surface area contributed by atoms with Gasteiger partial charge in [0.1, 0.15) is 5.60 Å². The number of hydrogen-bond acceptors (Lipinski definition) is 2. The predicted octanol–water partition coefficient (Wildman–Crippen LogP) is 1.70. The minimum Gasteiger partial charge on any atom is -0.381 e. The molecule has 3 heteroatoms. The molecule has 15 heavy (non-hydrogen) atoms. The Morgan fingerprint density at radius 1 is 1.20 bits per heavy atom. The Labute approximate surface area is 92.3 Å². The Hall–Kier alpha value is -0.570. The molecule has 2 unspecified atom stereocenters. The van der Waals surface area contributed by atoms with E-state index >= 15 is 0 Å². The van der Waals surface area contributed by atoms with E-state index in [2.05, 4.69) is 19.2 Å². The highest BCUT2D eigenvalue weighted by molar-refractivity contribution is 5.84. The molecule has 0 aromatic rings. The maximum Gasteiger partial charge on any atom is 0.251 e. The van der Waals surface area contributed by atoms with Gasteiger partial charge in [0, 0.05) is 6.04 Å². The van der Waals surface area contributed by atoms with Crippen LogP contribution in [0.4, 0.5) is 0 Å². The van der Waals surface area contributed by atoms with Gasteiger partial charge in [-0.05, 0) is 44.9 Å². The van der Waals surface area contributed by atoms with Crippen LogP contribution in [0, 0.1) is 11.8 Å². The van der Waals surface area contributed by atoms with Crippen molar-refractivity contribution in [3.05, 3.63) is 0 Å². The summed E-state index contributed by atoms with van der Waals surface area (Å²) in [5.74, 6) is 1.08. The van der Waals surface area contributed by atoms with E-state index in [1.807, 2.05) is 0 Å². The third-order valence-electron chi connectivity index (χ3n) is 3.07. The predicted molar refractivity (Wildman–Crippen MR) is 60.4 cm³/mol. The first kappa shape index (κ1) is 12.5. The Morgan fingerprint density at radius 2 is 1.67 bits per heavy atom. The number of rotatable bonds is 2. The Balaban J connectivity index is 2.48. The highest BCUT2D eigenvalue weighted by atomic mass is 16.3. The molecule has 1 aliphatic carbocycles. The summed E-state index contributed by atoms with van der Waals surface area (Å²) in [6.45, 7) is 7.49. The standard InChI is InChI=1S/C12H23NO2/c1-8-5-9(2)7-10(6-8)13-11(14)12(3,4)15/h8-10,15H,5-7H2,1-4H3,(H,13,14). The molecule has 1 aliphatic rings. The molecular weight excluding hydrogens is 190 g/mol. The van der Waals surface area contributed by atoms with Gasteiger partial charge >= 0.3 is 0 Å². The van der Waals surface area contributed by atoms with Crippen LogP contribution in [-0.4, -0.2) is 22.7 Å². The highest BCUT2D eigenvalue weighted by Gasteiger charge is 2.29. The average Bonchev–Trinajstić information content (AvgIpc) is 1.99. The topological polar surface area (TPSA) is 49.3 Å². The molecule has 2 atom stereocenters. The third-order valence-corrected chi connectivity index (χ3v) is 3.07. The smallest absolute Gasteiger partial charge is 0.251 e. The van der Waals surface area contributed by atoms with Crippen molar-refractivity contribution in [2.45, 2.75) is 58.6 Å². The van der Waals surface area contributed by atoms with Crippen molar-refractivity contribution in [2.75, 3.05) is 0 Å². The van der Waals surface area contributed by atoms with E-state index < -0.39 is 5.60 Å². The number of hydrogen-bond donors (Lipinski definition) is 2. The maximum atomic E-state index is 11.6. The molecule has 0 saturated heterocycles. The average molecular weight is 213 g/mol. The van der Waals surface area contributed by atoms with Crippen LogP contribution in [0.2, 0.25) is 0 Å². The van der Waals surface area contributed by atoms with Crippen molar-refractivity contribution in [3.63, 3.8) is 0 Å². The summed E-state index contributed by atoms with van der Waals surface area (Å²) >= 11 is 0. The number of nitrogens with one attached hydrogen (secondary N) is 1. The first-order valence-corrected chi connectivity index (χ1v) is 5.82. The normalized spacial score (nSPS) is 32.5. The number of carbonyl (C=O) groups is 1. The molecule has 0 radical (unpaired) electrons. The van der Waals surface area contributed by atoms with Gasteiger partial charge in [-0.25, -0.2) is 0 Å². The second-order valence-corrected chi connectivity index (χ2v) is 5.65. The van der Waals surface area contributed by atoms with E-state index in [0.29, 0.717) is 11.8 Å². The van der Waals surface area contributed by atoms with Crippen LogP contribution in [0.25, 0.3) is 0 Å². The molecule has 1 amide bonds. The summed E-state index contributed by atoms with van der Waals surface area (Å²) in [5, 5.41) is 12.5. The summed E-state index contributed by atoms with van der Waals surface area (Å²) in [5.41, 5.74) is -1.26. The molecule has 88 valence electrons. The fourth-order valence-corrected chi connectivity index (χ4v) is 2.43. The lowest BCUT2D eigenvalue weighted by molar-refractivity contribution is -0.137. The van der Waals surface area contributed by atoms with Crippen molar-refractivity contribution in [1.29, 1.82) is 0 Å². The van der Waals surface area contributed by atoms with Crippen LogP contribution in [-0.2, 0) is 4.79 Å². The zero-order valence-electron chi connectivity index (χ0n) is 10.2. The van der Waals surface area contributed by atoms with Crippen LogP contribution in [0.5, 0.6) is 0 Å². The molecule has 0 spiro atoms. The van der Waals surface area contributed by atoms with Crippen molar-refractivity contribution < 1.29 is 9.90 Å². The van der Waals surface area contributed by atoms with Gasteiger partial charge in [-0.1, -0.05) is 13.8 Å². The lowest BCUT2D eigenvalue weighted by atomic mass is 9.80. The summed E-state index contributed by atoms with van der Waals surface area (Å²) in [4.78, 5) is 11.6. The maximum absolute atomic E-state index is 11.6. The molecule has 0 heterocycles. The van der Waals surface area contributed by atoms with E-state index in [1.165, 1.54) is 20.3 Å². The zero-order valence-corrected chi connectivity index (χ0v) is 10.2. The SMILES string of the molecule is CC1CC(C)CC(NC(=O)C(C)(C)O)C1. The summed E-state index contributed by atoms with van der Waals surface area (Å²) in [6, 6.07) is 0.239. The van der Waals surface area contributed by atoms with Crippen LogP contribution in [0.1, 0.15) is 47.0 Å². The molecule has 1 saturated carbocycles. The molecule has 1 fully saturated rings. The summed E-state index contributed by atoms with van der Waals surface area (Å²) in [7, 11) is 0. The lowest BCUT2D eigenvalue weighted by Crippen LogP contribution is -2.48. The molecule has 0 aliphatic heterocycles. The number of aliphatic hydroxyl groups is 1. The molecule has 0 aromatic heterocycles. The molecule has 0 aromatic carbocycles. The molecular formula is C12H23NO2. The van der Waals surface area contributed by atoms with Crippen molar-refractivity contribution in [1.82, 2.24) is 5.32 Å². The summed E-state index contributed by atoms with van der Waals surface area (Å²) < 4.78 is 0. The highest BCUT2D eigenvalue weighted by Crippen LogP contribution is 2.28. The van der Waals surface area contributed by atoms with Crippen LogP contribution < -0.4 is 5.32 Å². The minimum absolute atomic E-state index is 0.239. The van der Waals surface area contributed by atoms with Gasteiger partial charge in [0.15, 0.2) is 0 Å². The second-order valence-electron chi connectivity index (χ2n) is 5.65. The van der Waals surface area contributed by atoms with Gasteiger partial charge in [-0.2, -0.15) is 0 Å². The van der Waals surface area contributed by atoms with Crippen molar-refractivity contribution in [2.24, 2.45) is 11.8 Å². The van der Waals surface area contributed by atoms with Crippen molar-refractivity contribution >= 4 is 5.91 Å². The minimum atomic E-state index is -1.26. The Morgan fingerprint density at radius 3 is 2.07 bits per heavy atom. The first-order valence-electron chi connectivity index (χ1n) is 5.82. The fraction of sp³-hybridized carbons (Fsp3) is 0.917. The molecule has 3 nitrogen and oxygen atoms in total. The van der Waals surface area contributed by atoms with Crippen molar-refractivity contribution in [3.8, 4) is 0 Å². The molecule has 1 rings (SSSR count). The van der Waals surface area contributed by atoms with Gasteiger partial charge in [-0.15, -0.1) is 0 Å². The fourth-order valence-electron chi connectivity index (χ4n) is 2.43. The quantitative estimate of drug-likeness (QED) is 0.733. The molecule has 0 bridgehead atoms. The van der Waals surface area contributed by atoms with Crippen LogP contribution in [0.15, 0.2) is 0 Å². The largest absolute Gasteiger partial charge is 0.381 e. The monoisotopic (exact) mass is 213 g/mol. The summed E-state index contributed by atoms with van der Waals surface area (Å²) in [6.07, 6.45) is 3.31. The Bertz CT molecular complexity index is 222. The van der Waals surface area contributed by atoms with Gasteiger partial charge < -0.3 is 10.4 Å². The van der Waals surface area contributed by atoms with Gasteiger partial charge in [0.05, 0.1) is 0 Å². The second kappa shape index (κ2) is 4.52. The Kier molecular flexibility index (Phi) is 3.77. The number of amides is 1. The van der Waals surface area contributed by atoms with Gasteiger partial charge in [-0.3, -0.25) is 4.79 Å². The van der Waals surface area contributed by atoms with E-state index in [9.17, 15) is 9.90 Å².